The highest BCUT2D eigenvalue weighted by atomic mass is 16.5. The van der Waals surface area contributed by atoms with Gasteiger partial charge < -0.3 is 19.3 Å². The van der Waals surface area contributed by atoms with Crippen molar-refractivity contribution in [3.63, 3.8) is 0 Å². The maximum absolute atomic E-state index is 10.4. The van der Waals surface area contributed by atoms with Gasteiger partial charge in [0.05, 0.1) is 30.3 Å². The summed E-state index contributed by atoms with van der Waals surface area (Å²) >= 11 is 0. The lowest BCUT2D eigenvalue weighted by Gasteiger charge is -2.59. The number of cyclic esters (lactones) is 1. The lowest BCUT2D eigenvalue weighted by atomic mass is 9.46. The lowest BCUT2D eigenvalue weighted by molar-refractivity contribution is -0.157. The van der Waals surface area contributed by atoms with Crippen molar-refractivity contribution in [2.24, 2.45) is 110 Å². The summed E-state index contributed by atoms with van der Waals surface area (Å²) in [7, 11) is 0. The predicted octanol–water partition coefficient (Wildman–Crippen LogP) is 18.7. The van der Waals surface area contributed by atoms with Crippen LogP contribution in [0.4, 0.5) is 0 Å². The van der Waals surface area contributed by atoms with Crippen LogP contribution in [0.15, 0.2) is 0 Å². The van der Waals surface area contributed by atoms with Gasteiger partial charge in [0.1, 0.15) is 0 Å². The minimum Gasteiger partial charge on any atom is -0.465 e. The molecule has 13 unspecified atom stereocenters. The number of carbonyl (C=O) groups excluding carboxylic acids is 1. The number of fused-ring (bicyclic) bond motifs is 7. The van der Waals surface area contributed by atoms with Crippen molar-refractivity contribution in [3.05, 3.63) is 0 Å². The second kappa shape index (κ2) is 25.4. The molecule has 1 N–H and O–H groups in total. The first-order valence-corrected chi connectivity index (χ1v) is 33.2. The van der Waals surface area contributed by atoms with Crippen LogP contribution in [0, 0.1) is 110 Å². The van der Waals surface area contributed by atoms with Crippen molar-refractivity contribution >= 4 is 5.97 Å². The number of carbonyl (C=O) groups is 1. The molecule has 74 heavy (non-hydrogen) atoms. The standard InChI is InChI=1S/C12H20.C11H18O.C11H18.C11H20.C7H14.2C6H12O.C5H8O2/c1-12(2)10-4-8-3-9(6-10)7-11(12)5-8;1-10-3-8-2-9(4-10)6-11(12,5-8)7-10;1-7-5-8-6-11(7)10-4-2-3-9(8)10;1-8-7-9-5-6-11(8,4)10(9,2)3;1-7-5-3-2-4-6-7;1-6-4-2-3-5-7-6;1-2-6-4-3-5-7-6;1-4-2-3-7-5(4)6/h8-11H,3-7H2,1-2H3;8-9,12H,2-7H2,1H3;7-11H,2-6H2,1H3;8-9H,5-7H2,1-4H3;7H,2-6H2,1H3;2*6H,2-5H2,1H3;4H,2-3H2,1H3. The molecule has 0 aromatic heterocycles. The summed E-state index contributed by atoms with van der Waals surface area (Å²) in [6.45, 7) is 31.0. The molecule has 5 nitrogen and oxygen atoms in total. The van der Waals surface area contributed by atoms with Crippen LogP contribution in [0.1, 0.15) is 282 Å². The molecular formula is C69H122O5. The maximum Gasteiger partial charge on any atom is 0.308 e. The Morgan fingerprint density at radius 1 is 0.541 bits per heavy atom. The summed E-state index contributed by atoms with van der Waals surface area (Å²) < 4.78 is 15.2. The molecule has 3 aliphatic heterocycles. The normalized spacial score (nSPS) is 47.2. The molecule has 17 rings (SSSR count). The van der Waals surface area contributed by atoms with E-state index in [1.165, 1.54) is 127 Å². The molecule has 13 atom stereocenters. The van der Waals surface area contributed by atoms with E-state index in [1.807, 2.05) is 6.92 Å². The number of aliphatic hydroxyl groups is 1. The summed E-state index contributed by atoms with van der Waals surface area (Å²) in [5.41, 5.74) is 2.27. The second-order valence-corrected chi connectivity index (χ2v) is 31.6. The minimum atomic E-state index is -0.237. The van der Waals surface area contributed by atoms with Gasteiger partial charge in [0.25, 0.3) is 0 Å². The van der Waals surface area contributed by atoms with Gasteiger partial charge in [-0.1, -0.05) is 115 Å². The second-order valence-electron chi connectivity index (χ2n) is 31.6. The van der Waals surface area contributed by atoms with Gasteiger partial charge in [-0.05, 0) is 272 Å². The molecule has 0 amide bonds. The molecule has 17 aliphatic rings. The van der Waals surface area contributed by atoms with Crippen molar-refractivity contribution in [3.8, 4) is 0 Å². The first-order valence-electron chi connectivity index (χ1n) is 33.2. The van der Waals surface area contributed by atoms with Crippen LogP contribution in [0.2, 0.25) is 0 Å². The Morgan fingerprint density at radius 3 is 1.55 bits per heavy atom. The summed E-state index contributed by atoms with van der Waals surface area (Å²) in [6.07, 6.45) is 44.9. The molecule has 0 spiro atoms. The Kier molecular flexibility index (Phi) is 20.4. The van der Waals surface area contributed by atoms with Crippen LogP contribution in [0.3, 0.4) is 0 Å². The van der Waals surface area contributed by atoms with E-state index in [2.05, 4.69) is 80.9 Å². The van der Waals surface area contributed by atoms with Crippen LogP contribution < -0.4 is 0 Å². The molecule has 428 valence electrons. The topological polar surface area (TPSA) is 65.0 Å². The molecule has 3 saturated heterocycles. The zero-order valence-electron chi connectivity index (χ0n) is 50.9. The van der Waals surface area contributed by atoms with E-state index >= 15 is 0 Å². The van der Waals surface area contributed by atoms with E-state index in [0.717, 1.165) is 104 Å². The molecule has 0 aromatic carbocycles. The van der Waals surface area contributed by atoms with Crippen molar-refractivity contribution < 1.29 is 24.1 Å². The van der Waals surface area contributed by atoms with E-state index in [9.17, 15) is 9.90 Å². The van der Waals surface area contributed by atoms with Crippen LogP contribution in [0.5, 0.6) is 0 Å². The van der Waals surface area contributed by atoms with Crippen LogP contribution >= 0.6 is 0 Å². The highest BCUT2D eigenvalue weighted by molar-refractivity contribution is 5.73. The Bertz CT molecular complexity index is 1640. The van der Waals surface area contributed by atoms with Crippen molar-refractivity contribution in [1.82, 2.24) is 0 Å². The molecule has 5 heteroatoms. The van der Waals surface area contributed by atoms with Crippen molar-refractivity contribution in [2.45, 2.75) is 300 Å². The third-order valence-corrected chi connectivity index (χ3v) is 25.5. The third kappa shape index (κ3) is 14.3. The Hall–Kier alpha value is -0.650. The maximum atomic E-state index is 10.4. The average molecular weight is 1030 g/mol. The summed E-state index contributed by atoms with van der Waals surface area (Å²) in [6, 6.07) is 0. The van der Waals surface area contributed by atoms with Gasteiger partial charge in [-0.25, -0.2) is 0 Å². The number of rotatable bonds is 1. The minimum absolute atomic E-state index is 0.0417. The van der Waals surface area contributed by atoms with Gasteiger partial charge in [-0.15, -0.1) is 0 Å². The van der Waals surface area contributed by atoms with Crippen LogP contribution in [-0.4, -0.2) is 48.7 Å². The number of hydrogen-bond donors (Lipinski definition) is 1. The number of ether oxygens (including phenoxy) is 3. The highest BCUT2D eigenvalue weighted by Crippen LogP contribution is 2.68. The fraction of sp³-hybridized carbons (Fsp3) is 0.986. The average Bonchev–Trinajstić information content (AvgIpc) is 4.23. The van der Waals surface area contributed by atoms with Crippen molar-refractivity contribution in [2.75, 3.05) is 19.8 Å². The van der Waals surface area contributed by atoms with E-state index in [-0.39, 0.29) is 17.5 Å². The van der Waals surface area contributed by atoms with Gasteiger partial charge in [0, 0.05) is 13.2 Å². The number of hydrogen-bond acceptors (Lipinski definition) is 5. The quantitative estimate of drug-likeness (QED) is 0.265. The Balaban J connectivity index is 0.000000114. The Labute approximate surface area is 458 Å². The number of esters is 1. The fourth-order valence-corrected chi connectivity index (χ4v) is 20.9. The van der Waals surface area contributed by atoms with E-state index in [1.54, 1.807) is 64.2 Å². The van der Waals surface area contributed by atoms with E-state index in [4.69, 9.17) is 9.47 Å². The van der Waals surface area contributed by atoms with Gasteiger partial charge in [0.15, 0.2) is 0 Å². The molecule has 0 radical (unpaired) electrons. The first-order chi connectivity index (χ1) is 35.1. The van der Waals surface area contributed by atoms with Gasteiger partial charge >= 0.3 is 5.97 Å². The van der Waals surface area contributed by atoms with Gasteiger partial charge in [0.2, 0.25) is 0 Å². The lowest BCUT2D eigenvalue weighted by Crippen LogP contribution is -2.54. The molecule has 0 aromatic rings. The summed E-state index contributed by atoms with van der Waals surface area (Å²) in [5, 5.41) is 10.3. The van der Waals surface area contributed by atoms with Gasteiger partial charge in [-0.2, -0.15) is 0 Å². The largest absolute Gasteiger partial charge is 0.465 e. The van der Waals surface area contributed by atoms with Crippen molar-refractivity contribution in [1.29, 1.82) is 0 Å². The molecule has 12 bridgehead atoms. The predicted molar refractivity (Wildman–Crippen MR) is 309 cm³/mol. The smallest absolute Gasteiger partial charge is 0.308 e. The summed E-state index contributed by atoms with van der Waals surface area (Å²) in [5.74, 6) is 15.1. The first kappa shape index (κ1) is 59.5. The molecule has 3 heterocycles. The van der Waals surface area contributed by atoms with Crippen LogP contribution in [-0.2, 0) is 19.0 Å². The molecule has 14 aliphatic carbocycles. The fourth-order valence-electron chi connectivity index (χ4n) is 20.9. The highest BCUT2D eigenvalue weighted by Gasteiger charge is 2.60. The zero-order valence-corrected chi connectivity index (χ0v) is 50.9. The summed E-state index contributed by atoms with van der Waals surface area (Å²) in [4.78, 5) is 10.4. The molecular weight excluding hydrogens is 909 g/mol. The van der Waals surface area contributed by atoms with E-state index < -0.39 is 0 Å². The molecule has 17 fully saturated rings. The van der Waals surface area contributed by atoms with E-state index in [0.29, 0.717) is 40.5 Å². The zero-order chi connectivity index (χ0) is 53.1. The molecule has 14 saturated carbocycles. The monoisotopic (exact) mass is 1030 g/mol. The third-order valence-electron chi connectivity index (χ3n) is 25.5. The van der Waals surface area contributed by atoms with Gasteiger partial charge in [-0.3, -0.25) is 4.79 Å². The Morgan fingerprint density at radius 2 is 1.16 bits per heavy atom. The van der Waals surface area contributed by atoms with Crippen LogP contribution in [0.25, 0.3) is 0 Å². The SMILES string of the molecule is CC1(C)C2CC3CC(C2)CC1C3.CC12CC3CC(C1)CC(O)(C3)C2.CC1CC2CC1C1CCCC21.CC1CC2CCC1(C)C2(C)C.CC1CCCCC1.CC1CCCCO1.CC1CCOC1=O.CCC1CCCO1.